The van der Waals surface area contributed by atoms with Gasteiger partial charge in [-0.3, -0.25) is 4.99 Å². The van der Waals surface area contributed by atoms with Crippen LogP contribution in [-0.2, 0) is 4.79 Å². The second-order valence-corrected chi connectivity index (χ2v) is 4.35. The monoisotopic (exact) mass is 269 g/mol. The zero-order valence-corrected chi connectivity index (χ0v) is 11.1. The molecule has 0 aliphatic heterocycles. The maximum absolute atomic E-state index is 10.4. The number of benzene rings is 2. The summed E-state index contributed by atoms with van der Waals surface area (Å²) < 4.78 is 5.11. The molecule has 0 saturated heterocycles. The number of aryl methyl sites for hydroxylation is 1. The standard InChI is InChI=1S/C16H15NO3/c1-12-5-7-14(8-6-12)17-10-13-3-2-4-15(9-13)20-11-16(18)19/h2-10H,11H2,1H3,(H,18,19). The first-order valence-electron chi connectivity index (χ1n) is 6.19. The quantitative estimate of drug-likeness (QED) is 0.848. The Morgan fingerprint density at radius 1 is 1.25 bits per heavy atom. The third-order valence-corrected chi connectivity index (χ3v) is 2.62. The molecule has 0 fully saturated rings. The Bertz CT molecular complexity index is 618. The van der Waals surface area contributed by atoms with Gasteiger partial charge in [0.15, 0.2) is 6.61 Å². The predicted octanol–water partition coefficient (Wildman–Crippen LogP) is 3.21. The van der Waals surface area contributed by atoms with Crippen LogP contribution in [0.25, 0.3) is 0 Å². The molecule has 102 valence electrons. The molecule has 0 aromatic heterocycles. The van der Waals surface area contributed by atoms with Gasteiger partial charge in [0.2, 0.25) is 0 Å². The number of aliphatic imine (C=N–C) groups is 1. The van der Waals surface area contributed by atoms with Crippen LogP contribution >= 0.6 is 0 Å². The highest BCUT2D eigenvalue weighted by molar-refractivity contribution is 5.82. The van der Waals surface area contributed by atoms with E-state index in [1.54, 1.807) is 24.4 Å². The average molecular weight is 269 g/mol. The van der Waals surface area contributed by atoms with Gasteiger partial charge in [0, 0.05) is 6.21 Å². The molecule has 0 aliphatic rings. The number of rotatable bonds is 5. The molecule has 0 unspecified atom stereocenters. The normalized spacial score (nSPS) is 10.7. The third kappa shape index (κ3) is 4.24. The molecule has 0 radical (unpaired) electrons. The Balaban J connectivity index is 2.07. The molecular formula is C16H15NO3. The second kappa shape index (κ2) is 6.52. The minimum absolute atomic E-state index is 0.349. The molecule has 4 nitrogen and oxygen atoms in total. The third-order valence-electron chi connectivity index (χ3n) is 2.62. The summed E-state index contributed by atoms with van der Waals surface area (Å²) in [6, 6.07) is 15.0. The highest BCUT2D eigenvalue weighted by Gasteiger charge is 1.99. The van der Waals surface area contributed by atoms with Crippen LogP contribution < -0.4 is 4.74 Å². The van der Waals surface area contributed by atoms with E-state index >= 15 is 0 Å². The van der Waals surface area contributed by atoms with E-state index in [9.17, 15) is 4.79 Å². The largest absolute Gasteiger partial charge is 0.482 e. The van der Waals surface area contributed by atoms with E-state index in [2.05, 4.69) is 4.99 Å². The molecule has 20 heavy (non-hydrogen) atoms. The van der Waals surface area contributed by atoms with Crippen LogP contribution in [0.1, 0.15) is 11.1 Å². The van der Waals surface area contributed by atoms with Gasteiger partial charge in [-0.2, -0.15) is 0 Å². The number of hydrogen-bond donors (Lipinski definition) is 1. The van der Waals surface area contributed by atoms with Crippen molar-refractivity contribution in [3.63, 3.8) is 0 Å². The first-order valence-corrected chi connectivity index (χ1v) is 6.19. The Labute approximate surface area is 117 Å². The van der Waals surface area contributed by atoms with Crippen molar-refractivity contribution in [1.29, 1.82) is 0 Å². The van der Waals surface area contributed by atoms with Gasteiger partial charge < -0.3 is 9.84 Å². The number of carboxylic acids is 1. The molecule has 2 aromatic rings. The summed E-state index contributed by atoms with van der Waals surface area (Å²) in [7, 11) is 0. The molecule has 0 saturated carbocycles. The lowest BCUT2D eigenvalue weighted by Crippen LogP contribution is -2.09. The van der Waals surface area contributed by atoms with E-state index in [0.29, 0.717) is 5.75 Å². The Morgan fingerprint density at radius 3 is 2.70 bits per heavy atom. The number of ether oxygens (including phenoxy) is 1. The van der Waals surface area contributed by atoms with Crippen molar-refractivity contribution < 1.29 is 14.6 Å². The summed E-state index contributed by atoms with van der Waals surface area (Å²) in [5, 5.41) is 8.57. The Hall–Kier alpha value is -2.62. The van der Waals surface area contributed by atoms with Crippen molar-refractivity contribution in [1.82, 2.24) is 0 Å². The molecule has 0 heterocycles. The molecule has 0 atom stereocenters. The fourth-order valence-corrected chi connectivity index (χ4v) is 1.61. The second-order valence-electron chi connectivity index (χ2n) is 4.35. The van der Waals surface area contributed by atoms with Gasteiger partial charge in [0.05, 0.1) is 5.69 Å². The number of carboxylic acid groups (broad SMARTS) is 1. The molecule has 2 aromatic carbocycles. The molecule has 0 spiro atoms. The number of nitrogens with zero attached hydrogens (tertiary/aromatic N) is 1. The minimum Gasteiger partial charge on any atom is -0.482 e. The lowest BCUT2D eigenvalue weighted by atomic mass is 10.2. The first-order chi connectivity index (χ1) is 9.63. The molecule has 4 heteroatoms. The van der Waals surface area contributed by atoms with E-state index < -0.39 is 5.97 Å². The van der Waals surface area contributed by atoms with Crippen molar-refractivity contribution >= 4 is 17.9 Å². The van der Waals surface area contributed by atoms with Gasteiger partial charge in [0.1, 0.15) is 5.75 Å². The van der Waals surface area contributed by atoms with E-state index in [1.165, 1.54) is 5.56 Å². The van der Waals surface area contributed by atoms with Gasteiger partial charge in [-0.05, 0) is 36.8 Å². The van der Waals surface area contributed by atoms with Gasteiger partial charge in [-0.15, -0.1) is 0 Å². The number of aliphatic carboxylic acids is 1. The van der Waals surface area contributed by atoms with E-state index in [4.69, 9.17) is 9.84 Å². The summed E-state index contributed by atoms with van der Waals surface area (Å²) in [6.45, 7) is 1.68. The molecule has 0 bridgehead atoms. The molecular weight excluding hydrogens is 254 g/mol. The lowest BCUT2D eigenvalue weighted by molar-refractivity contribution is -0.139. The highest BCUT2D eigenvalue weighted by Crippen LogP contribution is 2.15. The van der Waals surface area contributed by atoms with Crippen molar-refractivity contribution in [2.75, 3.05) is 6.61 Å². The Kier molecular flexibility index (Phi) is 4.50. The van der Waals surface area contributed by atoms with Crippen molar-refractivity contribution in [2.45, 2.75) is 6.92 Å². The predicted molar refractivity (Wildman–Crippen MR) is 78.0 cm³/mol. The van der Waals surface area contributed by atoms with Gasteiger partial charge in [-0.1, -0.05) is 29.8 Å². The van der Waals surface area contributed by atoms with Gasteiger partial charge >= 0.3 is 5.97 Å². The number of carbonyl (C=O) groups is 1. The fourth-order valence-electron chi connectivity index (χ4n) is 1.61. The summed E-state index contributed by atoms with van der Waals surface area (Å²) in [6.07, 6.45) is 1.72. The molecule has 2 rings (SSSR count). The van der Waals surface area contributed by atoms with Crippen LogP contribution in [0.2, 0.25) is 0 Å². The summed E-state index contributed by atoms with van der Waals surface area (Å²) in [5.41, 5.74) is 2.91. The maximum Gasteiger partial charge on any atom is 0.341 e. The van der Waals surface area contributed by atoms with Crippen molar-refractivity contribution in [2.24, 2.45) is 4.99 Å². The number of hydrogen-bond acceptors (Lipinski definition) is 3. The topological polar surface area (TPSA) is 58.9 Å². The SMILES string of the molecule is Cc1ccc(N=Cc2cccc(OCC(=O)O)c2)cc1. The maximum atomic E-state index is 10.4. The Morgan fingerprint density at radius 2 is 2.00 bits per heavy atom. The van der Waals surface area contributed by atoms with Crippen LogP contribution in [0.15, 0.2) is 53.5 Å². The van der Waals surface area contributed by atoms with Crippen LogP contribution in [-0.4, -0.2) is 23.9 Å². The molecule has 0 aliphatic carbocycles. The smallest absolute Gasteiger partial charge is 0.341 e. The summed E-state index contributed by atoms with van der Waals surface area (Å²) >= 11 is 0. The zero-order valence-electron chi connectivity index (χ0n) is 11.1. The van der Waals surface area contributed by atoms with Crippen LogP contribution in [0.3, 0.4) is 0 Å². The van der Waals surface area contributed by atoms with Crippen LogP contribution in [0.4, 0.5) is 5.69 Å². The first kappa shape index (κ1) is 13.8. The van der Waals surface area contributed by atoms with E-state index in [-0.39, 0.29) is 6.61 Å². The van der Waals surface area contributed by atoms with E-state index in [1.807, 2.05) is 37.3 Å². The summed E-state index contributed by atoms with van der Waals surface area (Å²) in [4.78, 5) is 14.8. The summed E-state index contributed by atoms with van der Waals surface area (Å²) in [5.74, 6) is -0.482. The van der Waals surface area contributed by atoms with Gasteiger partial charge in [-0.25, -0.2) is 4.79 Å². The van der Waals surface area contributed by atoms with Crippen LogP contribution in [0.5, 0.6) is 5.75 Å². The molecule has 0 amide bonds. The minimum atomic E-state index is -0.997. The lowest BCUT2D eigenvalue weighted by Gasteiger charge is -2.03. The average Bonchev–Trinajstić information content (AvgIpc) is 2.45. The van der Waals surface area contributed by atoms with Crippen molar-refractivity contribution in [3.05, 3.63) is 59.7 Å². The van der Waals surface area contributed by atoms with Crippen molar-refractivity contribution in [3.8, 4) is 5.75 Å². The van der Waals surface area contributed by atoms with Crippen LogP contribution in [0, 0.1) is 6.92 Å². The fraction of sp³-hybridized carbons (Fsp3) is 0.125. The zero-order chi connectivity index (χ0) is 14.4. The van der Waals surface area contributed by atoms with Gasteiger partial charge in [0.25, 0.3) is 0 Å². The van der Waals surface area contributed by atoms with E-state index in [0.717, 1.165) is 11.3 Å². The molecule has 1 N–H and O–H groups in total. The highest BCUT2D eigenvalue weighted by atomic mass is 16.5.